The number of ether oxygens (including phenoxy) is 1. The Labute approximate surface area is 118 Å². The highest BCUT2D eigenvalue weighted by molar-refractivity contribution is 5.86. The second kappa shape index (κ2) is 5.78. The summed E-state index contributed by atoms with van der Waals surface area (Å²) in [6.45, 7) is 0. The molecule has 2 aromatic carbocycles. The molecule has 0 atom stereocenters. The lowest BCUT2D eigenvalue weighted by Gasteiger charge is -2.09. The van der Waals surface area contributed by atoms with Crippen molar-refractivity contribution in [2.45, 2.75) is 6.36 Å². The first-order valence-electron chi connectivity index (χ1n) is 5.83. The first kappa shape index (κ1) is 14.8. The van der Waals surface area contributed by atoms with E-state index in [4.69, 9.17) is 0 Å². The molecule has 0 heterocycles. The number of alkyl halides is 3. The highest BCUT2D eigenvalue weighted by atomic mass is 19.4. The second-order valence-electron chi connectivity index (χ2n) is 4.20. The maximum absolute atomic E-state index is 12.1. The van der Waals surface area contributed by atoms with Crippen molar-refractivity contribution >= 4 is 12.6 Å². The van der Waals surface area contributed by atoms with Crippen LogP contribution in [0.5, 0.6) is 5.75 Å². The molecule has 6 heteroatoms. The van der Waals surface area contributed by atoms with Gasteiger partial charge in [-0.2, -0.15) is 0 Å². The molecule has 0 spiro atoms. The van der Waals surface area contributed by atoms with E-state index in [0.29, 0.717) is 34.8 Å². The molecule has 0 saturated carbocycles. The maximum atomic E-state index is 12.1. The average molecular weight is 294 g/mol. The summed E-state index contributed by atoms with van der Waals surface area (Å²) in [6, 6.07) is 9.66. The molecule has 0 fully saturated rings. The summed E-state index contributed by atoms with van der Waals surface area (Å²) in [4.78, 5) is 21.6. The average Bonchev–Trinajstić information content (AvgIpc) is 2.45. The molecule has 0 aliphatic carbocycles. The predicted molar refractivity (Wildman–Crippen MR) is 69.3 cm³/mol. The van der Waals surface area contributed by atoms with Gasteiger partial charge in [-0.3, -0.25) is 9.59 Å². The molecule has 0 unspecified atom stereocenters. The molecular weight excluding hydrogens is 285 g/mol. The normalized spacial score (nSPS) is 11.0. The standard InChI is InChI=1S/C15H9F3O3/c16-15(17,18)21-14-3-1-12(2-4-14)13-6-10(8-19)5-11(7-13)9-20/h1-9H. The number of hydrogen-bond donors (Lipinski definition) is 0. The second-order valence-corrected chi connectivity index (χ2v) is 4.20. The van der Waals surface area contributed by atoms with Gasteiger partial charge in [0.05, 0.1) is 0 Å². The predicted octanol–water partition coefficient (Wildman–Crippen LogP) is 3.88. The molecular formula is C15H9F3O3. The Morgan fingerprint density at radius 3 is 1.76 bits per heavy atom. The van der Waals surface area contributed by atoms with E-state index >= 15 is 0 Å². The zero-order valence-electron chi connectivity index (χ0n) is 10.6. The van der Waals surface area contributed by atoms with Gasteiger partial charge in [0.15, 0.2) is 0 Å². The molecule has 21 heavy (non-hydrogen) atoms. The molecule has 3 nitrogen and oxygen atoms in total. The quantitative estimate of drug-likeness (QED) is 0.804. The lowest BCUT2D eigenvalue weighted by Crippen LogP contribution is -2.16. The SMILES string of the molecule is O=Cc1cc(C=O)cc(-c2ccc(OC(F)(F)F)cc2)c1. The summed E-state index contributed by atoms with van der Waals surface area (Å²) in [5.41, 5.74) is 1.74. The number of benzene rings is 2. The Morgan fingerprint density at radius 1 is 0.810 bits per heavy atom. The van der Waals surface area contributed by atoms with Crippen molar-refractivity contribution in [2.75, 3.05) is 0 Å². The van der Waals surface area contributed by atoms with Gasteiger partial charge in [0.2, 0.25) is 0 Å². The minimum absolute atomic E-state index is 0.310. The highest BCUT2D eigenvalue weighted by Gasteiger charge is 2.30. The summed E-state index contributed by atoms with van der Waals surface area (Å²) < 4.78 is 40.0. The fraction of sp³-hybridized carbons (Fsp3) is 0.0667. The van der Waals surface area contributed by atoms with Crippen molar-refractivity contribution in [1.29, 1.82) is 0 Å². The van der Waals surface area contributed by atoms with Gasteiger partial charge in [-0.1, -0.05) is 12.1 Å². The van der Waals surface area contributed by atoms with E-state index in [9.17, 15) is 22.8 Å². The molecule has 0 N–H and O–H groups in total. The van der Waals surface area contributed by atoms with Crippen LogP contribution in [0.3, 0.4) is 0 Å². The van der Waals surface area contributed by atoms with Gasteiger partial charge in [0.25, 0.3) is 0 Å². The van der Waals surface area contributed by atoms with Gasteiger partial charge in [0, 0.05) is 11.1 Å². The highest BCUT2D eigenvalue weighted by Crippen LogP contribution is 2.27. The summed E-state index contributed by atoms with van der Waals surface area (Å²) >= 11 is 0. The number of carbonyl (C=O) groups excluding carboxylic acids is 2. The van der Waals surface area contributed by atoms with Gasteiger partial charge in [-0.25, -0.2) is 0 Å². The van der Waals surface area contributed by atoms with Gasteiger partial charge in [-0.05, 0) is 41.5 Å². The van der Waals surface area contributed by atoms with Crippen LogP contribution in [0, 0.1) is 0 Å². The smallest absolute Gasteiger partial charge is 0.406 e. The van der Waals surface area contributed by atoms with Crippen molar-refractivity contribution in [1.82, 2.24) is 0 Å². The molecule has 0 saturated heterocycles. The lowest BCUT2D eigenvalue weighted by molar-refractivity contribution is -0.274. The zero-order chi connectivity index (χ0) is 15.5. The first-order valence-corrected chi connectivity index (χ1v) is 5.83. The van der Waals surface area contributed by atoms with E-state index in [1.807, 2.05) is 0 Å². The Kier molecular flexibility index (Phi) is 4.07. The van der Waals surface area contributed by atoms with Gasteiger partial charge in [-0.15, -0.1) is 13.2 Å². The number of aldehydes is 2. The number of hydrogen-bond acceptors (Lipinski definition) is 3. The Morgan fingerprint density at radius 2 is 1.33 bits per heavy atom. The van der Waals surface area contributed by atoms with E-state index in [1.165, 1.54) is 18.2 Å². The van der Waals surface area contributed by atoms with Crippen molar-refractivity contribution in [3.63, 3.8) is 0 Å². The minimum Gasteiger partial charge on any atom is -0.406 e. The topological polar surface area (TPSA) is 43.4 Å². The third-order valence-corrected chi connectivity index (χ3v) is 2.67. The number of rotatable bonds is 4. The van der Waals surface area contributed by atoms with E-state index in [2.05, 4.69) is 4.74 Å². The lowest BCUT2D eigenvalue weighted by atomic mass is 10.0. The summed E-state index contributed by atoms with van der Waals surface area (Å²) in [5.74, 6) is -0.339. The molecule has 108 valence electrons. The van der Waals surface area contributed by atoms with E-state index in [0.717, 1.165) is 12.1 Å². The third-order valence-electron chi connectivity index (χ3n) is 2.67. The van der Waals surface area contributed by atoms with Crippen LogP contribution in [0.15, 0.2) is 42.5 Å². The van der Waals surface area contributed by atoms with Crippen LogP contribution < -0.4 is 4.74 Å². The molecule has 0 radical (unpaired) electrons. The van der Waals surface area contributed by atoms with Gasteiger partial charge in [0.1, 0.15) is 18.3 Å². The Balaban J connectivity index is 2.34. The van der Waals surface area contributed by atoms with E-state index in [1.54, 1.807) is 12.1 Å². The first-order chi connectivity index (χ1) is 9.91. The van der Waals surface area contributed by atoms with Gasteiger partial charge >= 0.3 is 6.36 Å². The van der Waals surface area contributed by atoms with Crippen LogP contribution in [0.2, 0.25) is 0 Å². The molecule has 0 aliphatic rings. The maximum Gasteiger partial charge on any atom is 0.573 e. The van der Waals surface area contributed by atoms with Crippen LogP contribution in [-0.2, 0) is 0 Å². The third kappa shape index (κ3) is 3.92. The molecule has 2 rings (SSSR count). The van der Waals surface area contributed by atoms with Gasteiger partial charge < -0.3 is 4.74 Å². The number of halogens is 3. The molecule has 2 aromatic rings. The Bertz CT molecular complexity index is 635. The monoisotopic (exact) mass is 294 g/mol. The number of carbonyl (C=O) groups is 2. The summed E-state index contributed by atoms with van der Waals surface area (Å²) in [7, 11) is 0. The van der Waals surface area contributed by atoms with Crippen LogP contribution in [0.1, 0.15) is 20.7 Å². The zero-order valence-corrected chi connectivity index (χ0v) is 10.6. The van der Waals surface area contributed by atoms with Crippen molar-refractivity contribution in [2.24, 2.45) is 0 Å². The van der Waals surface area contributed by atoms with Crippen LogP contribution in [-0.4, -0.2) is 18.9 Å². The largest absolute Gasteiger partial charge is 0.573 e. The van der Waals surface area contributed by atoms with E-state index < -0.39 is 6.36 Å². The van der Waals surface area contributed by atoms with E-state index in [-0.39, 0.29) is 5.75 Å². The van der Waals surface area contributed by atoms with Crippen molar-refractivity contribution in [3.05, 3.63) is 53.6 Å². The van der Waals surface area contributed by atoms with Crippen LogP contribution in [0.25, 0.3) is 11.1 Å². The van der Waals surface area contributed by atoms with Crippen LogP contribution in [0.4, 0.5) is 13.2 Å². The van der Waals surface area contributed by atoms with Crippen molar-refractivity contribution in [3.8, 4) is 16.9 Å². The van der Waals surface area contributed by atoms with Crippen molar-refractivity contribution < 1.29 is 27.5 Å². The molecule has 0 amide bonds. The Hall–Kier alpha value is -2.63. The fourth-order valence-corrected chi connectivity index (χ4v) is 1.83. The molecule has 0 aliphatic heterocycles. The molecule has 0 bridgehead atoms. The summed E-state index contributed by atoms with van der Waals surface area (Å²) in [6.07, 6.45) is -3.56. The minimum atomic E-state index is -4.75. The summed E-state index contributed by atoms with van der Waals surface area (Å²) in [5, 5.41) is 0. The van der Waals surface area contributed by atoms with Crippen LogP contribution >= 0.6 is 0 Å². The fourth-order valence-electron chi connectivity index (χ4n) is 1.83. The molecule has 0 aromatic heterocycles.